The molecule has 0 unspecified atom stereocenters. The van der Waals surface area contributed by atoms with Crippen LogP contribution in [-0.2, 0) is 0 Å². The summed E-state index contributed by atoms with van der Waals surface area (Å²) in [6.07, 6.45) is 0. The van der Waals surface area contributed by atoms with Crippen LogP contribution in [0.5, 0.6) is 0 Å². The van der Waals surface area contributed by atoms with Crippen molar-refractivity contribution in [1.29, 1.82) is 5.26 Å². The van der Waals surface area contributed by atoms with Crippen LogP contribution in [0.4, 0.5) is 5.69 Å². The van der Waals surface area contributed by atoms with Gasteiger partial charge in [0.15, 0.2) is 0 Å². The van der Waals surface area contributed by atoms with Gasteiger partial charge in [-0.15, -0.1) is 11.3 Å². The van der Waals surface area contributed by atoms with Gasteiger partial charge in [-0.2, -0.15) is 5.26 Å². The summed E-state index contributed by atoms with van der Waals surface area (Å²) in [6, 6.07) is 51.1. The number of carbonyl (C=O) groups is 2. The van der Waals surface area contributed by atoms with Gasteiger partial charge in [-0.3, -0.25) is 9.59 Å². The summed E-state index contributed by atoms with van der Waals surface area (Å²) in [4.78, 5) is 27.9. The molecular weight excluding hydrogens is 661 g/mol. The molecule has 4 heterocycles. The molecule has 0 radical (unpaired) electrons. The lowest BCUT2D eigenvalue weighted by atomic mass is 10.1. The van der Waals surface area contributed by atoms with Gasteiger partial charge >= 0.3 is 0 Å². The number of imide groups is 1. The Morgan fingerprint density at radius 1 is 0.462 bits per heavy atom. The van der Waals surface area contributed by atoms with Crippen LogP contribution < -0.4 is 4.90 Å². The number of amides is 2. The van der Waals surface area contributed by atoms with Crippen LogP contribution in [0.2, 0.25) is 0 Å². The highest BCUT2D eigenvalue weighted by Gasteiger charge is 2.37. The Morgan fingerprint density at radius 3 is 1.62 bits per heavy atom. The predicted molar refractivity (Wildman–Crippen MR) is 210 cm³/mol. The third-order valence-corrected chi connectivity index (χ3v) is 11.6. The predicted octanol–water partition coefficient (Wildman–Crippen LogP) is 10.9. The normalized spacial score (nSPS) is 13.0. The fourth-order valence-corrected chi connectivity index (χ4v) is 9.28. The third-order valence-electron chi connectivity index (χ3n) is 10.5. The highest BCUT2D eigenvalue weighted by atomic mass is 32.1. The molecule has 6 nitrogen and oxygen atoms in total. The van der Waals surface area contributed by atoms with Crippen molar-refractivity contribution in [2.45, 2.75) is 0 Å². The molecule has 10 aromatic rings. The second-order valence-electron chi connectivity index (χ2n) is 13.2. The molecule has 0 bridgehead atoms. The SMILES string of the molecule is N#Cc1cc(-n2c3ccccc3c3cc4c(cc32)c2ccccc2n4-c2ccc3sc4ccccc4c3c2)ccc1N1C(=O)c2ccccc2C1=O. The average Bonchev–Trinajstić information content (AvgIpc) is 3.90. The highest BCUT2D eigenvalue weighted by molar-refractivity contribution is 7.25. The molecule has 0 fully saturated rings. The number of nitriles is 1. The van der Waals surface area contributed by atoms with Crippen LogP contribution in [-0.4, -0.2) is 20.9 Å². The Morgan fingerprint density at radius 2 is 0.981 bits per heavy atom. The monoisotopic (exact) mass is 684 g/mol. The zero-order valence-corrected chi connectivity index (χ0v) is 28.2. The molecule has 0 spiro atoms. The Bertz CT molecular complexity index is 3230. The van der Waals surface area contributed by atoms with Gasteiger partial charge in [0.2, 0.25) is 0 Å². The van der Waals surface area contributed by atoms with E-state index in [4.69, 9.17) is 0 Å². The molecule has 7 aromatic carbocycles. The molecule has 0 N–H and O–H groups in total. The number of hydrogen-bond acceptors (Lipinski definition) is 4. The van der Waals surface area contributed by atoms with E-state index < -0.39 is 11.8 Å². The molecule has 11 rings (SSSR count). The summed E-state index contributed by atoms with van der Waals surface area (Å²) in [7, 11) is 0. The lowest BCUT2D eigenvalue weighted by molar-refractivity contribution is 0.0926. The number of nitrogens with zero attached hydrogens (tertiary/aromatic N) is 4. The summed E-state index contributed by atoms with van der Waals surface area (Å²) in [5.74, 6) is -0.848. The van der Waals surface area contributed by atoms with Gasteiger partial charge in [0, 0.05) is 53.1 Å². The number of anilines is 1. The van der Waals surface area contributed by atoms with Gasteiger partial charge in [-0.1, -0.05) is 66.7 Å². The van der Waals surface area contributed by atoms with Gasteiger partial charge in [0.05, 0.1) is 44.4 Å². The van der Waals surface area contributed by atoms with E-state index in [1.807, 2.05) is 29.5 Å². The van der Waals surface area contributed by atoms with Crippen LogP contribution in [0.1, 0.15) is 26.3 Å². The van der Waals surface area contributed by atoms with E-state index in [9.17, 15) is 14.9 Å². The van der Waals surface area contributed by atoms with Crippen molar-refractivity contribution >= 4 is 92.6 Å². The lowest BCUT2D eigenvalue weighted by Crippen LogP contribution is -2.30. The molecule has 0 saturated carbocycles. The van der Waals surface area contributed by atoms with E-state index >= 15 is 0 Å². The minimum atomic E-state index is -0.424. The fourth-order valence-electron chi connectivity index (χ4n) is 8.20. The number of aromatic nitrogens is 2. The van der Waals surface area contributed by atoms with Crippen molar-refractivity contribution in [2.75, 3.05) is 4.90 Å². The van der Waals surface area contributed by atoms with Gasteiger partial charge in [-0.25, -0.2) is 4.90 Å². The molecule has 242 valence electrons. The maximum atomic E-state index is 13.4. The Labute approximate surface area is 300 Å². The molecule has 0 aliphatic carbocycles. The average molecular weight is 685 g/mol. The van der Waals surface area contributed by atoms with Crippen molar-refractivity contribution in [2.24, 2.45) is 0 Å². The topological polar surface area (TPSA) is 71.0 Å². The van der Waals surface area contributed by atoms with E-state index in [0.29, 0.717) is 11.1 Å². The summed E-state index contributed by atoms with van der Waals surface area (Å²) in [5.41, 5.74) is 7.29. The Hall–Kier alpha value is -7.01. The number of carbonyl (C=O) groups excluding carboxylic acids is 2. The number of para-hydroxylation sites is 2. The van der Waals surface area contributed by atoms with E-state index in [-0.39, 0.29) is 11.3 Å². The fraction of sp³-hybridized carbons (Fsp3) is 0. The van der Waals surface area contributed by atoms with Crippen molar-refractivity contribution in [1.82, 2.24) is 9.13 Å². The molecule has 52 heavy (non-hydrogen) atoms. The maximum absolute atomic E-state index is 13.4. The number of thiophene rings is 1. The Balaban J connectivity index is 1.15. The molecule has 1 aliphatic rings. The standard InChI is InChI=1S/C45H24N4O2S/c46-25-26-21-27(17-19-37(26)49-44(50)32-12-1-2-13-33(32)45(49)51)47-38-14-6-3-9-29(38)34-24-41-35(23-40(34)47)30-10-4-7-15-39(30)48(41)28-18-20-43-36(22-28)31-11-5-8-16-42(31)52-43/h1-24H. The van der Waals surface area contributed by atoms with Gasteiger partial charge in [0.1, 0.15) is 6.07 Å². The number of fused-ring (bicyclic) bond motifs is 10. The largest absolute Gasteiger partial charge is 0.309 e. The first kappa shape index (κ1) is 28.8. The number of hydrogen-bond donors (Lipinski definition) is 0. The third kappa shape index (κ3) is 3.81. The second kappa shape index (κ2) is 10.5. The highest BCUT2D eigenvalue weighted by Crippen LogP contribution is 2.42. The van der Waals surface area contributed by atoms with Gasteiger partial charge in [0.25, 0.3) is 11.8 Å². The molecular formula is C45H24N4O2S. The Kier molecular flexibility index (Phi) is 5.81. The molecule has 1 aliphatic heterocycles. The summed E-state index contributed by atoms with van der Waals surface area (Å²) >= 11 is 1.82. The molecule has 0 saturated heterocycles. The van der Waals surface area contributed by atoms with Gasteiger partial charge < -0.3 is 9.13 Å². The minimum absolute atomic E-state index is 0.243. The lowest BCUT2D eigenvalue weighted by Gasteiger charge is -2.17. The minimum Gasteiger partial charge on any atom is -0.309 e. The smallest absolute Gasteiger partial charge is 0.266 e. The molecule has 2 amide bonds. The summed E-state index contributed by atoms with van der Waals surface area (Å²) in [5, 5.41) is 17.3. The van der Waals surface area contributed by atoms with Crippen molar-refractivity contribution in [3.8, 4) is 17.4 Å². The quantitative estimate of drug-likeness (QED) is 0.174. The molecule has 0 atom stereocenters. The van der Waals surface area contributed by atoms with Gasteiger partial charge in [-0.05, 0) is 78.9 Å². The summed E-state index contributed by atoms with van der Waals surface area (Å²) in [6.45, 7) is 0. The van der Waals surface area contributed by atoms with Crippen molar-refractivity contribution in [3.05, 3.63) is 162 Å². The van der Waals surface area contributed by atoms with Crippen LogP contribution >= 0.6 is 11.3 Å². The van der Waals surface area contributed by atoms with Crippen LogP contribution in [0.25, 0.3) is 75.2 Å². The van der Waals surface area contributed by atoms with Crippen LogP contribution in [0.3, 0.4) is 0 Å². The first-order chi connectivity index (χ1) is 25.6. The first-order valence-electron chi connectivity index (χ1n) is 17.0. The van der Waals surface area contributed by atoms with E-state index in [1.165, 1.54) is 20.2 Å². The first-order valence-corrected chi connectivity index (χ1v) is 17.8. The molecule has 7 heteroatoms. The molecule has 3 aromatic heterocycles. The van der Waals surface area contributed by atoms with Crippen LogP contribution in [0, 0.1) is 11.3 Å². The zero-order chi connectivity index (χ0) is 34.7. The summed E-state index contributed by atoms with van der Waals surface area (Å²) < 4.78 is 7.09. The van der Waals surface area contributed by atoms with E-state index in [1.54, 1.807) is 36.4 Å². The number of rotatable bonds is 3. The van der Waals surface area contributed by atoms with Crippen molar-refractivity contribution < 1.29 is 9.59 Å². The number of benzene rings is 7. The zero-order valence-electron chi connectivity index (χ0n) is 27.4. The van der Waals surface area contributed by atoms with Crippen LogP contribution in [0.15, 0.2) is 146 Å². The van der Waals surface area contributed by atoms with E-state index in [2.05, 4.69) is 106 Å². The maximum Gasteiger partial charge on any atom is 0.266 e. The van der Waals surface area contributed by atoms with E-state index in [0.717, 1.165) is 59.9 Å². The second-order valence-corrected chi connectivity index (χ2v) is 14.3. The van der Waals surface area contributed by atoms with Crippen molar-refractivity contribution in [3.63, 3.8) is 0 Å².